The molecule has 1 aromatic carbocycles. The van der Waals surface area contributed by atoms with Gasteiger partial charge in [-0.2, -0.15) is 18.4 Å². The molecular formula is C9H7ClF3N3O3. The molecule has 0 aliphatic heterocycles. The summed E-state index contributed by atoms with van der Waals surface area (Å²) in [6.45, 7) is 0. The maximum atomic E-state index is 12.4. The molecule has 0 saturated carbocycles. The van der Waals surface area contributed by atoms with Crippen LogP contribution in [0.1, 0.15) is 17.2 Å². The molecule has 0 amide bonds. The Morgan fingerprint density at radius 3 is 2.37 bits per heavy atom. The monoisotopic (exact) mass is 297 g/mol. The van der Waals surface area contributed by atoms with Gasteiger partial charge in [0.25, 0.3) is 0 Å². The molecule has 10 heteroatoms. The highest BCUT2D eigenvalue weighted by atomic mass is 35.5. The van der Waals surface area contributed by atoms with Crippen LogP contribution in [0.3, 0.4) is 0 Å². The first kappa shape index (κ1) is 16.9. The molecule has 104 valence electrons. The molecule has 0 heterocycles. The van der Waals surface area contributed by atoms with E-state index in [9.17, 15) is 28.4 Å². The van der Waals surface area contributed by atoms with E-state index in [4.69, 9.17) is 11.0 Å². The molecule has 0 saturated heterocycles. The maximum Gasteiger partial charge on any atom is 0.407 e. The Morgan fingerprint density at radius 1 is 1.47 bits per heavy atom. The fourth-order valence-corrected chi connectivity index (χ4v) is 1.26. The zero-order valence-electron chi connectivity index (χ0n) is 9.01. The van der Waals surface area contributed by atoms with Gasteiger partial charge in [-0.15, -0.1) is 12.4 Å². The molecule has 3 N–H and O–H groups in total. The van der Waals surface area contributed by atoms with Crippen molar-refractivity contribution in [3.63, 3.8) is 0 Å². The molecule has 1 atom stereocenters. The second-order valence-corrected chi connectivity index (χ2v) is 3.32. The van der Waals surface area contributed by atoms with Gasteiger partial charge in [-0.25, -0.2) is 0 Å². The molecular weight excluding hydrogens is 291 g/mol. The Bertz CT molecular complexity index is 542. The van der Waals surface area contributed by atoms with E-state index in [0.29, 0.717) is 12.1 Å². The van der Waals surface area contributed by atoms with Crippen molar-refractivity contribution in [2.24, 2.45) is 5.73 Å². The summed E-state index contributed by atoms with van der Waals surface area (Å²) < 4.78 is 37.2. The molecule has 6 nitrogen and oxygen atoms in total. The van der Waals surface area contributed by atoms with E-state index in [1.54, 1.807) is 0 Å². The largest absolute Gasteiger partial charge is 0.502 e. The molecule has 0 aliphatic rings. The number of hydrogen-bond acceptors (Lipinski definition) is 5. The number of phenolic OH excluding ortho intramolecular Hbond substituents is 1. The Morgan fingerprint density at radius 2 is 2.00 bits per heavy atom. The van der Waals surface area contributed by atoms with Crippen molar-refractivity contribution in [1.82, 2.24) is 0 Å². The fraction of sp³-hybridized carbons (Fsp3) is 0.222. The highest BCUT2D eigenvalue weighted by Crippen LogP contribution is 2.40. The normalized spacial score (nSPS) is 12.2. The van der Waals surface area contributed by atoms with E-state index in [-0.39, 0.29) is 12.4 Å². The van der Waals surface area contributed by atoms with Gasteiger partial charge in [0.1, 0.15) is 6.04 Å². The van der Waals surface area contributed by atoms with Crippen molar-refractivity contribution >= 4 is 18.1 Å². The lowest BCUT2D eigenvalue weighted by Gasteiger charge is -2.17. The van der Waals surface area contributed by atoms with Crippen LogP contribution in [0, 0.1) is 21.4 Å². The number of rotatable bonds is 2. The van der Waals surface area contributed by atoms with E-state index in [1.807, 2.05) is 0 Å². The summed E-state index contributed by atoms with van der Waals surface area (Å²) >= 11 is 0. The van der Waals surface area contributed by atoms with Gasteiger partial charge in [0.15, 0.2) is 5.75 Å². The second-order valence-electron chi connectivity index (χ2n) is 3.32. The number of nitro groups is 1. The highest BCUT2D eigenvalue weighted by molar-refractivity contribution is 5.85. The predicted octanol–water partition coefficient (Wildman–Crippen LogP) is 2.16. The second kappa shape index (κ2) is 5.73. The van der Waals surface area contributed by atoms with Gasteiger partial charge in [-0.05, 0) is 6.07 Å². The molecule has 1 aromatic rings. The van der Waals surface area contributed by atoms with Crippen LogP contribution in [0.5, 0.6) is 5.75 Å². The van der Waals surface area contributed by atoms with Crippen LogP contribution in [0.15, 0.2) is 12.1 Å². The quantitative estimate of drug-likeness (QED) is 0.641. The van der Waals surface area contributed by atoms with Gasteiger partial charge in [0, 0.05) is 11.6 Å². The van der Waals surface area contributed by atoms with Crippen LogP contribution in [-0.2, 0) is 0 Å². The number of nitro benzene ring substituents is 1. The SMILES string of the molecule is Cl.N#Cc1cc([C@@H](N)C(F)(F)F)c(O)c([N+](=O)[O-])c1. The number of benzene rings is 1. The van der Waals surface area contributed by atoms with Gasteiger partial charge < -0.3 is 10.8 Å². The Hall–Kier alpha value is -2.05. The van der Waals surface area contributed by atoms with Crippen molar-refractivity contribution < 1.29 is 23.2 Å². The summed E-state index contributed by atoms with van der Waals surface area (Å²) in [7, 11) is 0. The highest BCUT2D eigenvalue weighted by Gasteiger charge is 2.41. The third-order valence-corrected chi connectivity index (χ3v) is 2.13. The lowest BCUT2D eigenvalue weighted by molar-refractivity contribution is -0.386. The zero-order chi connectivity index (χ0) is 14.1. The number of phenols is 1. The van der Waals surface area contributed by atoms with Crippen molar-refractivity contribution in [3.05, 3.63) is 33.4 Å². The minimum absolute atomic E-state index is 0. The van der Waals surface area contributed by atoms with Crippen molar-refractivity contribution in [3.8, 4) is 11.8 Å². The van der Waals surface area contributed by atoms with Gasteiger partial charge in [-0.1, -0.05) is 0 Å². The lowest BCUT2D eigenvalue weighted by Crippen LogP contribution is -2.28. The zero-order valence-corrected chi connectivity index (χ0v) is 9.83. The van der Waals surface area contributed by atoms with Crippen LogP contribution in [0.2, 0.25) is 0 Å². The van der Waals surface area contributed by atoms with E-state index in [2.05, 4.69) is 0 Å². The van der Waals surface area contributed by atoms with E-state index in [0.717, 1.165) is 0 Å². The van der Waals surface area contributed by atoms with Crippen molar-refractivity contribution in [2.75, 3.05) is 0 Å². The first-order valence-corrected chi connectivity index (χ1v) is 4.42. The topological polar surface area (TPSA) is 113 Å². The van der Waals surface area contributed by atoms with Gasteiger partial charge in [-0.3, -0.25) is 10.1 Å². The summed E-state index contributed by atoms with van der Waals surface area (Å²) in [5.41, 5.74) is 2.55. The molecule has 1 rings (SSSR count). The van der Waals surface area contributed by atoms with Crippen LogP contribution < -0.4 is 5.73 Å². The van der Waals surface area contributed by atoms with Crippen LogP contribution in [-0.4, -0.2) is 16.2 Å². The summed E-state index contributed by atoms with van der Waals surface area (Å²) in [5.74, 6) is -1.19. The molecule has 0 fully saturated rings. The Kier molecular flexibility index (Phi) is 5.11. The van der Waals surface area contributed by atoms with Crippen LogP contribution in [0.4, 0.5) is 18.9 Å². The predicted molar refractivity (Wildman–Crippen MR) is 59.7 cm³/mol. The van der Waals surface area contributed by atoms with Crippen LogP contribution in [0.25, 0.3) is 0 Å². The third-order valence-electron chi connectivity index (χ3n) is 2.13. The number of nitriles is 1. The summed E-state index contributed by atoms with van der Waals surface area (Å²) in [4.78, 5) is 9.43. The van der Waals surface area contributed by atoms with Crippen molar-refractivity contribution in [1.29, 1.82) is 5.26 Å². The number of alkyl halides is 3. The first-order valence-electron chi connectivity index (χ1n) is 4.42. The average molecular weight is 298 g/mol. The molecule has 0 bridgehead atoms. The van der Waals surface area contributed by atoms with Crippen LogP contribution >= 0.6 is 12.4 Å². The standard InChI is InChI=1S/C9H6F3N3O3.ClH/c10-9(11,12)8(14)5-1-4(3-13)2-6(7(5)16)15(17)18;/h1-2,8,16H,14H2;1H/t8-;/m1./s1. The smallest absolute Gasteiger partial charge is 0.407 e. The number of aromatic hydroxyl groups is 1. The number of hydrogen-bond donors (Lipinski definition) is 2. The first-order chi connectivity index (χ1) is 8.18. The van der Waals surface area contributed by atoms with Gasteiger partial charge in [0.2, 0.25) is 0 Å². The summed E-state index contributed by atoms with van der Waals surface area (Å²) in [5, 5.41) is 28.5. The molecule has 0 unspecified atom stereocenters. The van der Waals surface area contributed by atoms with Crippen molar-refractivity contribution in [2.45, 2.75) is 12.2 Å². The number of halogens is 4. The van der Waals surface area contributed by atoms with E-state index in [1.165, 1.54) is 6.07 Å². The minimum Gasteiger partial charge on any atom is -0.502 e. The molecule has 0 aliphatic carbocycles. The summed E-state index contributed by atoms with van der Waals surface area (Å²) in [6.07, 6.45) is -4.89. The summed E-state index contributed by atoms with van der Waals surface area (Å²) in [6, 6.07) is 0.186. The van der Waals surface area contributed by atoms with E-state index >= 15 is 0 Å². The Labute approximate surface area is 110 Å². The minimum atomic E-state index is -4.89. The van der Waals surface area contributed by atoms with Gasteiger partial charge in [0.05, 0.1) is 16.6 Å². The number of nitrogens with two attached hydrogens (primary N) is 1. The number of nitrogens with zero attached hydrogens (tertiary/aromatic N) is 2. The fourth-order valence-electron chi connectivity index (χ4n) is 1.26. The lowest BCUT2D eigenvalue weighted by atomic mass is 10.0. The van der Waals surface area contributed by atoms with Gasteiger partial charge >= 0.3 is 11.9 Å². The van der Waals surface area contributed by atoms with E-state index < -0.39 is 39.7 Å². The molecule has 0 aromatic heterocycles. The molecule has 0 spiro atoms. The molecule has 0 radical (unpaired) electrons. The Balaban J connectivity index is 0.00000324. The third kappa shape index (κ3) is 3.46. The molecule has 19 heavy (non-hydrogen) atoms. The maximum absolute atomic E-state index is 12.4. The average Bonchev–Trinajstić information content (AvgIpc) is 2.26.